The first-order valence-corrected chi connectivity index (χ1v) is 11.4. The lowest BCUT2D eigenvalue weighted by Gasteiger charge is -2.44. The largest absolute Gasteiger partial charge is 0.508 e. The maximum atomic E-state index is 9.47. The van der Waals surface area contributed by atoms with Crippen LogP contribution in [0.15, 0.2) is 58.4 Å². The van der Waals surface area contributed by atoms with Gasteiger partial charge in [0.15, 0.2) is 0 Å². The van der Waals surface area contributed by atoms with Gasteiger partial charge in [-0.1, -0.05) is 30.7 Å². The van der Waals surface area contributed by atoms with Crippen molar-refractivity contribution in [3.8, 4) is 16.9 Å². The molecule has 6 heteroatoms. The molecule has 0 atom stereocenters. The highest BCUT2D eigenvalue weighted by atomic mass is 32.2. The van der Waals surface area contributed by atoms with Gasteiger partial charge in [0.2, 0.25) is 5.96 Å². The molecule has 2 aromatic rings. The predicted octanol–water partition coefficient (Wildman–Crippen LogP) is 3.91. The third-order valence-corrected chi connectivity index (χ3v) is 7.29. The molecule has 0 unspecified atom stereocenters. The molecule has 2 fully saturated rings. The zero-order valence-corrected chi connectivity index (χ0v) is 17.5. The molecule has 1 saturated heterocycles. The van der Waals surface area contributed by atoms with Crippen molar-refractivity contribution in [1.29, 1.82) is 0 Å². The molecule has 0 radical (unpaired) electrons. The number of nitrogens with zero attached hydrogens (tertiary/aromatic N) is 4. The number of phenolic OH excluding ortho intramolecular Hbond substituents is 1. The summed E-state index contributed by atoms with van der Waals surface area (Å²) in [7, 11) is 0. The average Bonchev–Trinajstić information content (AvgIpc) is 3.17. The van der Waals surface area contributed by atoms with Crippen LogP contribution in [0.5, 0.6) is 5.75 Å². The van der Waals surface area contributed by atoms with E-state index in [2.05, 4.69) is 38.4 Å². The maximum Gasteiger partial charge on any atom is 0.207 e. The molecule has 2 aromatic carbocycles. The molecule has 0 spiro atoms. The van der Waals surface area contributed by atoms with E-state index in [-0.39, 0.29) is 0 Å². The normalized spacial score (nSPS) is 20.6. The lowest BCUT2D eigenvalue weighted by Crippen LogP contribution is -2.55. The van der Waals surface area contributed by atoms with Crippen molar-refractivity contribution in [2.45, 2.75) is 30.2 Å². The Morgan fingerprint density at radius 2 is 1.48 bits per heavy atom. The number of guanidine groups is 1. The van der Waals surface area contributed by atoms with Gasteiger partial charge in [-0.15, -0.1) is 0 Å². The fourth-order valence-electron chi connectivity index (χ4n) is 4.29. The highest BCUT2D eigenvalue weighted by Crippen LogP contribution is 2.30. The predicted molar refractivity (Wildman–Crippen MR) is 119 cm³/mol. The zero-order chi connectivity index (χ0) is 19.6. The Labute approximate surface area is 177 Å². The minimum atomic E-state index is 0.301. The Kier molecular flexibility index (Phi) is 5.38. The van der Waals surface area contributed by atoms with Gasteiger partial charge in [0.25, 0.3) is 0 Å². The van der Waals surface area contributed by atoms with Crippen LogP contribution in [-0.2, 0) is 0 Å². The van der Waals surface area contributed by atoms with E-state index in [0.717, 1.165) is 49.3 Å². The lowest BCUT2D eigenvalue weighted by atomic mass is 9.91. The van der Waals surface area contributed by atoms with Gasteiger partial charge in [-0.2, -0.15) is 0 Å². The summed E-state index contributed by atoms with van der Waals surface area (Å²) in [6.07, 6.45) is 4.19. The Hall–Kier alpha value is -2.18. The standard InChI is InChI=1S/C23H28N4OS/c28-21-8-4-18(5-9-21)19-6-10-22(11-7-19)29-27-13-12-24-23(27)26-16-14-25(15-17-26)20-2-1-3-20/h4-11,20,28H,1-3,12-17H2. The molecule has 1 saturated carbocycles. The summed E-state index contributed by atoms with van der Waals surface area (Å²) >= 11 is 1.79. The molecule has 0 bridgehead atoms. The highest BCUT2D eigenvalue weighted by molar-refractivity contribution is 7.97. The number of aromatic hydroxyl groups is 1. The quantitative estimate of drug-likeness (QED) is 0.777. The van der Waals surface area contributed by atoms with Gasteiger partial charge < -0.3 is 10.0 Å². The van der Waals surface area contributed by atoms with Crippen LogP contribution in [0, 0.1) is 0 Å². The molecule has 5 nitrogen and oxygen atoms in total. The van der Waals surface area contributed by atoms with E-state index < -0.39 is 0 Å². The van der Waals surface area contributed by atoms with Gasteiger partial charge >= 0.3 is 0 Å². The molecular formula is C23H28N4OS. The van der Waals surface area contributed by atoms with Gasteiger partial charge in [-0.3, -0.25) is 14.2 Å². The minimum absolute atomic E-state index is 0.301. The molecular weight excluding hydrogens is 380 g/mol. The van der Waals surface area contributed by atoms with Crippen molar-refractivity contribution in [3.63, 3.8) is 0 Å². The smallest absolute Gasteiger partial charge is 0.207 e. The van der Waals surface area contributed by atoms with Crippen molar-refractivity contribution in [1.82, 2.24) is 14.1 Å². The molecule has 152 valence electrons. The van der Waals surface area contributed by atoms with Crippen molar-refractivity contribution in [2.75, 3.05) is 39.3 Å². The Morgan fingerprint density at radius 3 is 2.10 bits per heavy atom. The highest BCUT2D eigenvalue weighted by Gasteiger charge is 2.31. The summed E-state index contributed by atoms with van der Waals surface area (Å²) < 4.78 is 2.36. The van der Waals surface area contributed by atoms with Gasteiger partial charge in [0.05, 0.1) is 13.1 Å². The van der Waals surface area contributed by atoms with Crippen molar-refractivity contribution in [2.24, 2.45) is 4.99 Å². The molecule has 0 aromatic heterocycles. The van der Waals surface area contributed by atoms with Crippen molar-refractivity contribution >= 4 is 17.9 Å². The molecule has 0 amide bonds. The zero-order valence-electron chi connectivity index (χ0n) is 16.7. The van der Waals surface area contributed by atoms with Crippen molar-refractivity contribution in [3.05, 3.63) is 48.5 Å². The summed E-state index contributed by atoms with van der Waals surface area (Å²) in [4.78, 5) is 11.2. The Balaban J connectivity index is 1.20. The summed E-state index contributed by atoms with van der Waals surface area (Å²) in [5, 5.41) is 9.47. The van der Waals surface area contributed by atoms with Crippen LogP contribution in [-0.4, -0.2) is 70.5 Å². The van der Waals surface area contributed by atoms with Gasteiger partial charge in [-0.05, 0) is 60.2 Å². The second kappa shape index (κ2) is 8.28. The van der Waals surface area contributed by atoms with Crippen LogP contribution in [0.3, 0.4) is 0 Å². The van der Waals surface area contributed by atoms with E-state index >= 15 is 0 Å². The van der Waals surface area contributed by atoms with Gasteiger partial charge in [-0.25, -0.2) is 0 Å². The second-order valence-electron chi connectivity index (χ2n) is 8.05. The molecule has 5 rings (SSSR count). The fourth-order valence-corrected chi connectivity index (χ4v) is 5.23. The average molecular weight is 409 g/mol. The van der Waals surface area contributed by atoms with E-state index in [9.17, 15) is 5.11 Å². The Morgan fingerprint density at radius 1 is 0.828 bits per heavy atom. The molecule has 29 heavy (non-hydrogen) atoms. The molecule has 2 heterocycles. The SMILES string of the molecule is Oc1ccc(-c2ccc(SN3CCN=C3N3CCN(C4CCC4)CC3)cc2)cc1. The number of aliphatic imine (C=N–C) groups is 1. The third-order valence-electron chi connectivity index (χ3n) is 6.24. The summed E-state index contributed by atoms with van der Waals surface area (Å²) in [6.45, 7) is 6.38. The van der Waals surface area contributed by atoms with Crippen molar-refractivity contribution < 1.29 is 5.11 Å². The lowest BCUT2D eigenvalue weighted by molar-refractivity contribution is 0.0835. The number of rotatable bonds is 4. The van der Waals surface area contributed by atoms with Gasteiger partial charge in [0.1, 0.15) is 5.75 Å². The van der Waals surface area contributed by atoms with E-state index in [1.54, 1.807) is 24.1 Å². The fraction of sp³-hybridized carbons (Fsp3) is 0.435. The van der Waals surface area contributed by atoms with E-state index in [1.807, 2.05) is 12.1 Å². The summed E-state index contributed by atoms with van der Waals surface area (Å²) in [6, 6.07) is 16.9. The van der Waals surface area contributed by atoms with Crippen LogP contribution in [0.4, 0.5) is 0 Å². The molecule has 1 N–H and O–H groups in total. The van der Waals surface area contributed by atoms with Crippen LogP contribution in [0.1, 0.15) is 19.3 Å². The maximum absolute atomic E-state index is 9.47. The van der Waals surface area contributed by atoms with E-state index in [4.69, 9.17) is 4.99 Å². The number of hydrogen-bond donors (Lipinski definition) is 1. The topological polar surface area (TPSA) is 42.3 Å². The van der Waals surface area contributed by atoms with Crippen LogP contribution >= 0.6 is 11.9 Å². The summed E-state index contributed by atoms with van der Waals surface area (Å²) in [5.41, 5.74) is 2.28. The van der Waals surface area contributed by atoms with Crippen LogP contribution in [0.2, 0.25) is 0 Å². The Bertz CT molecular complexity index is 855. The van der Waals surface area contributed by atoms with E-state index in [0.29, 0.717) is 5.75 Å². The minimum Gasteiger partial charge on any atom is -0.508 e. The van der Waals surface area contributed by atoms with Crippen LogP contribution < -0.4 is 0 Å². The number of hydrogen-bond acceptors (Lipinski definition) is 6. The molecule has 1 aliphatic carbocycles. The third kappa shape index (κ3) is 4.09. The first kappa shape index (κ1) is 18.8. The number of benzene rings is 2. The number of phenols is 1. The monoisotopic (exact) mass is 408 g/mol. The number of piperazine rings is 1. The first-order chi connectivity index (χ1) is 14.3. The summed E-state index contributed by atoms with van der Waals surface area (Å²) in [5.74, 6) is 1.46. The molecule has 3 aliphatic rings. The van der Waals surface area contributed by atoms with Crippen LogP contribution in [0.25, 0.3) is 11.1 Å². The second-order valence-corrected chi connectivity index (χ2v) is 9.15. The molecule has 2 aliphatic heterocycles. The van der Waals surface area contributed by atoms with E-state index in [1.165, 1.54) is 37.2 Å². The van der Waals surface area contributed by atoms with Gasteiger partial charge in [0, 0.05) is 37.1 Å². The first-order valence-electron chi connectivity index (χ1n) is 10.6.